The molecule has 4 heteroatoms. The van der Waals surface area contributed by atoms with Crippen molar-refractivity contribution >= 4 is 27.5 Å². The third-order valence-corrected chi connectivity index (χ3v) is 3.58. The quantitative estimate of drug-likeness (QED) is 0.684. The van der Waals surface area contributed by atoms with Crippen LogP contribution in [0.4, 0.5) is 0 Å². The lowest BCUT2D eigenvalue weighted by Crippen LogP contribution is -2.10. The molecule has 0 bridgehead atoms. The topological polar surface area (TPSA) is 39.2 Å². The molecule has 3 aromatic rings. The van der Waals surface area contributed by atoms with Crippen LogP contribution >= 0.6 is 11.3 Å². The second-order valence-corrected chi connectivity index (χ2v) is 5.08. The molecule has 2 aromatic carbocycles. The SMILES string of the molecule is O=C(Cc1ccccc1)Oc1nc2ccccc2s1. The van der Waals surface area contributed by atoms with E-state index in [0.717, 1.165) is 15.8 Å². The van der Waals surface area contributed by atoms with Crippen LogP contribution in [0.25, 0.3) is 10.2 Å². The lowest BCUT2D eigenvalue weighted by Gasteiger charge is -2.00. The van der Waals surface area contributed by atoms with Gasteiger partial charge in [-0.05, 0) is 17.7 Å². The van der Waals surface area contributed by atoms with Crippen LogP contribution in [0.5, 0.6) is 5.19 Å². The first-order valence-corrected chi connectivity index (χ1v) is 6.73. The molecule has 1 aromatic heterocycles. The number of aromatic nitrogens is 1. The molecule has 0 aliphatic carbocycles. The minimum atomic E-state index is -0.287. The average molecular weight is 269 g/mol. The number of nitrogens with zero attached hydrogens (tertiary/aromatic N) is 1. The number of hydrogen-bond donors (Lipinski definition) is 0. The van der Waals surface area contributed by atoms with Crippen molar-refractivity contribution in [2.75, 3.05) is 0 Å². The summed E-state index contributed by atoms with van der Waals surface area (Å²) in [6.07, 6.45) is 0.261. The normalized spacial score (nSPS) is 10.5. The van der Waals surface area contributed by atoms with Crippen molar-refractivity contribution in [3.8, 4) is 5.19 Å². The Kier molecular flexibility index (Phi) is 3.25. The number of para-hydroxylation sites is 1. The van der Waals surface area contributed by atoms with E-state index in [1.165, 1.54) is 11.3 Å². The highest BCUT2D eigenvalue weighted by molar-refractivity contribution is 7.20. The standard InChI is InChI=1S/C15H11NO2S/c17-14(10-11-6-2-1-3-7-11)18-15-16-12-8-4-5-9-13(12)19-15/h1-9H,10H2. The summed E-state index contributed by atoms with van der Waals surface area (Å²) in [5.41, 5.74) is 1.80. The molecular weight excluding hydrogens is 258 g/mol. The summed E-state index contributed by atoms with van der Waals surface area (Å²) >= 11 is 1.38. The summed E-state index contributed by atoms with van der Waals surface area (Å²) in [7, 11) is 0. The number of ether oxygens (including phenoxy) is 1. The van der Waals surface area contributed by atoms with Crippen LogP contribution < -0.4 is 4.74 Å². The fourth-order valence-electron chi connectivity index (χ4n) is 1.79. The van der Waals surface area contributed by atoms with Gasteiger partial charge in [0.05, 0.1) is 16.6 Å². The first-order valence-electron chi connectivity index (χ1n) is 5.91. The molecule has 0 radical (unpaired) electrons. The maximum absolute atomic E-state index is 11.8. The summed E-state index contributed by atoms with van der Waals surface area (Å²) in [5.74, 6) is -0.287. The predicted octanol–water partition coefficient (Wildman–Crippen LogP) is 3.44. The monoisotopic (exact) mass is 269 g/mol. The molecule has 3 rings (SSSR count). The van der Waals surface area contributed by atoms with Crippen molar-refractivity contribution in [3.63, 3.8) is 0 Å². The molecule has 0 spiro atoms. The lowest BCUT2D eigenvalue weighted by molar-refractivity contribution is -0.133. The highest BCUT2D eigenvalue weighted by atomic mass is 32.1. The minimum Gasteiger partial charge on any atom is -0.398 e. The number of hydrogen-bond acceptors (Lipinski definition) is 4. The summed E-state index contributed by atoms with van der Waals surface area (Å²) in [6.45, 7) is 0. The fraction of sp³-hybridized carbons (Fsp3) is 0.0667. The first kappa shape index (κ1) is 11.9. The van der Waals surface area contributed by atoms with Gasteiger partial charge in [0.2, 0.25) is 0 Å². The highest BCUT2D eigenvalue weighted by Crippen LogP contribution is 2.27. The van der Waals surface area contributed by atoms with Crippen molar-refractivity contribution in [3.05, 3.63) is 60.2 Å². The molecular formula is C15H11NO2S. The van der Waals surface area contributed by atoms with E-state index in [9.17, 15) is 4.79 Å². The molecule has 0 saturated heterocycles. The van der Waals surface area contributed by atoms with E-state index >= 15 is 0 Å². The molecule has 3 nitrogen and oxygen atoms in total. The van der Waals surface area contributed by atoms with Gasteiger partial charge >= 0.3 is 5.97 Å². The molecule has 0 unspecified atom stereocenters. The Morgan fingerprint density at radius 3 is 2.58 bits per heavy atom. The Morgan fingerprint density at radius 1 is 1.05 bits per heavy atom. The van der Waals surface area contributed by atoms with Gasteiger partial charge in [0.1, 0.15) is 0 Å². The second kappa shape index (κ2) is 5.20. The van der Waals surface area contributed by atoms with Crippen LogP contribution in [0, 0.1) is 0 Å². The first-order chi connectivity index (χ1) is 9.31. The maximum atomic E-state index is 11.8. The molecule has 0 atom stereocenters. The highest BCUT2D eigenvalue weighted by Gasteiger charge is 2.10. The van der Waals surface area contributed by atoms with Gasteiger partial charge < -0.3 is 4.74 Å². The van der Waals surface area contributed by atoms with Gasteiger partial charge in [-0.25, -0.2) is 4.98 Å². The Hall–Kier alpha value is -2.20. The summed E-state index contributed by atoms with van der Waals surface area (Å²) in [5, 5.41) is 0.405. The van der Waals surface area contributed by atoms with Gasteiger partial charge in [-0.2, -0.15) is 0 Å². The number of carbonyl (C=O) groups is 1. The van der Waals surface area contributed by atoms with Crippen molar-refractivity contribution < 1.29 is 9.53 Å². The molecule has 0 N–H and O–H groups in total. The number of esters is 1. The van der Waals surface area contributed by atoms with E-state index in [-0.39, 0.29) is 12.4 Å². The Bertz CT molecular complexity index is 673. The Balaban J connectivity index is 1.72. The van der Waals surface area contributed by atoms with Crippen LogP contribution in [-0.2, 0) is 11.2 Å². The molecule has 94 valence electrons. The van der Waals surface area contributed by atoms with Crippen LogP contribution in [0.3, 0.4) is 0 Å². The van der Waals surface area contributed by atoms with Gasteiger partial charge in [0.25, 0.3) is 5.19 Å². The van der Waals surface area contributed by atoms with E-state index in [1.54, 1.807) is 0 Å². The lowest BCUT2D eigenvalue weighted by atomic mass is 10.2. The molecule has 19 heavy (non-hydrogen) atoms. The van der Waals surface area contributed by atoms with Crippen molar-refractivity contribution in [1.82, 2.24) is 4.98 Å². The summed E-state index contributed by atoms with van der Waals surface area (Å²) in [4.78, 5) is 16.1. The summed E-state index contributed by atoms with van der Waals surface area (Å²) < 4.78 is 6.29. The number of benzene rings is 2. The van der Waals surface area contributed by atoms with Crippen LogP contribution in [0.15, 0.2) is 54.6 Å². The van der Waals surface area contributed by atoms with E-state index in [1.807, 2.05) is 54.6 Å². The van der Waals surface area contributed by atoms with Crippen molar-refractivity contribution in [2.24, 2.45) is 0 Å². The molecule has 0 amide bonds. The zero-order chi connectivity index (χ0) is 13.1. The summed E-state index contributed by atoms with van der Waals surface area (Å²) in [6, 6.07) is 17.2. The number of carbonyl (C=O) groups excluding carboxylic acids is 1. The zero-order valence-electron chi connectivity index (χ0n) is 10.1. The third-order valence-electron chi connectivity index (χ3n) is 2.67. The van der Waals surface area contributed by atoms with Crippen LogP contribution in [0.2, 0.25) is 0 Å². The maximum Gasteiger partial charge on any atom is 0.317 e. The molecule has 1 heterocycles. The number of rotatable bonds is 3. The van der Waals surface area contributed by atoms with E-state index in [4.69, 9.17) is 4.74 Å². The van der Waals surface area contributed by atoms with E-state index in [2.05, 4.69) is 4.98 Å². The van der Waals surface area contributed by atoms with Crippen molar-refractivity contribution in [2.45, 2.75) is 6.42 Å². The van der Waals surface area contributed by atoms with Crippen LogP contribution in [-0.4, -0.2) is 11.0 Å². The smallest absolute Gasteiger partial charge is 0.317 e. The Morgan fingerprint density at radius 2 is 1.79 bits per heavy atom. The van der Waals surface area contributed by atoms with E-state index in [0.29, 0.717) is 5.19 Å². The van der Waals surface area contributed by atoms with Crippen LogP contribution in [0.1, 0.15) is 5.56 Å². The molecule has 0 aliphatic rings. The third kappa shape index (κ3) is 2.80. The molecule has 0 fully saturated rings. The predicted molar refractivity (Wildman–Crippen MR) is 75.4 cm³/mol. The van der Waals surface area contributed by atoms with Gasteiger partial charge in [0.15, 0.2) is 0 Å². The van der Waals surface area contributed by atoms with Gasteiger partial charge in [-0.15, -0.1) is 0 Å². The van der Waals surface area contributed by atoms with Gasteiger partial charge in [-0.1, -0.05) is 53.8 Å². The zero-order valence-corrected chi connectivity index (χ0v) is 10.9. The average Bonchev–Trinajstić information content (AvgIpc) is 2.81. The number of thiazole rings is 1. The van der Waals surface area contributed by atoms with Gasteiger partial charge in [0, 0.05) is 0 Å². The largest absolute Gasteiger partial charge is 0.398 e. The molecule has 0 saturated carbocycles. The number of fused-ring (bicyclic) bond motifs is 1. The second-order valence-electron chi connectivity index (χ2n) is 4.08. The molecule has 0 aliphatic heterocycles. The van der Waals surface area contributed by atoms with Gasteiger partial charge in [-0.3, -0.25) is 4.79 Å². The van der Waals surface area contributed by atoms with E-state index < -0.39 is 0 Å². The van der Waals surface area contributed by atoms with Crippen molar-refractivity contribution in [1.29, 1.82) is 0 Å². The Labute approximate surface area is 114 Å². The fourth-order valence-corrected chi connectivity index (χ4v) is 2.62. The minimum absolute atomic E-state index is 0.261.